The van der Waals surface area contributed by atoms with Crippen molar-refractivity contribution in [2.24, 2.45) is 0 Å². The maximum absolute atomic E-state index is 12.4. The Labute approximate surface area is 164 Å². The van der Waals surface area contributed by atoms with Crippen LogP contribution in [0.5, 0.6) is 0 Å². The molecule has 5 heteroatoms. The van der Waals surface area contributed by atoms with Crippen LogP contribution in [-0.4, -0.2) is 18.0 Å². The van der Waals surface area contributed by atoms with E-state index in [4.69, 9.17) is 9.15 Å². The average molecular weight is 379 g/mol. The van der Waals surface area contributed by atoms with E-state index < -0.39 is 12.1 Å². The van der Waals surface area contributed by atoms with E-state index in [1.807, 2.05) is 58.0 Å². The normalized spacial score (nSPS) is 12.0. The summed E-state index contributed by atoms with van der Waals surface area (Å²) in [7, 11) is 0. The van der Waals surface area contributed by atoms with Gasteiger partial charge in [-0.1, -0.05) is 12.1 Å². The first-order valence-electron chi connectivity index (χ1n) is 9.29. The summed E-state index contributed by atoms with van der Waals surface area (Å²) >= 11 is 0. The van der Waals surface area contributed by atoms with Gasteiger partial charge in [0, 0.05) is 16.6 Å². The second kappa shape index (κ2) is 7.89. The molecule has 28 heavy (non-hydrogen) atoms. The molecule has 0 fully saturated rings. The Morgan fingerprint density at radius 1 is 1.04 bits per heavy atom. The third-order valence-corrected chi connectivity index (χ3v) is 4.93. The maximum atomic E-state index is 12.4. The Balaban J connectivity index is 1.65. The molecule has 0 saturated heterocycles. The van der Waals surface area contributed by atoms with Crippen molar-refractivity contribution in [3.8, 4) is 0 Å². The highest BCUT2D eigenvalue weighted by Crippen LogP contribution is 2.25. The molecule has 3 rings (SSSR count). The fourth-order valence-electron chi connectivity index (χ4n) is 3.03. The zero-order valence-corrected chi connectivity index (χ0v) is 16.9. The molecule has 1 N–H and O–H groups in total. The number of aryl methyl sites for hydroxylation is 4. The van der Waals surface area contributed by atoms with Gasteiger partial charge in [0.05, 0.1) is 12.7 Å². The predicted molar refractivity (Wildman–Crippen MR) is 109 cm³/mol. The van der Waals surface area contributed by atoms with Crippen LogP contribution in [-0.2, 0) is 20.7 Å². The summed E-state index contributed by atoms with van der Waals surface area (Å²) < 4.78 is 10.9. The van der Waals surface area contributed by atoms with E-state index in [2.05, 4.69) is 5.32 Å². The highest BCUT2D eigenvalue weighted by atomic mass is 16.5. The van der Waals surface area contributed by atoms with Crippen LogP contribution < -0.4 is 5.32 Å². The van der Waals surface area contributed by atoms with Crippen molar-refractivity contribution in [1.29, 1.82) is 0 Å². The number of anilines is 1. The molecule has 0 aliphatic rings. The fourth-order valence-corrected chi connectivity index (χ4v) is 3.03. The van der Waals surface area contributed by atoms with E-state index in [0.29, 0.717) is 0 Å². The van der Waals surface area contributed by atoms with Crippen molar-refractivity contribution >= 4 is 28.5 Å². The van der Waals surface area contributed by atoms with E-state index in [9.17, 15) is 9.59 Å². The number of carbonyl (C=O) groups is 2. The maximum Gasteiger partial charge on any atom is 0.311 e. The lowest BCUT2D eigenvalue weighted by Gasteiger charge is -2.15. The van der Waals surface area contributed by atoms with Crippen molar-refractivity contribution in [2.45, 2.75) is 47.1 Å². The van der Waals surface area contributed by atoms with Crippen LogP contribution in [0.4, 0.5) is 5.69 Å². The van der Waals surface area contributed by atoms with Gasteiger partial charge in [0.15, 0.2) is 6.10 Å². The van der Waals surface area contributed by atoms with E-state index in [-0.39, 0.29) is 12.3 Å². The summed E-state index contributed by atoms with van der Waals surface area (Å²) in [6.07, 6.45) is 0.733. The molecule has 146 valence electrons. The topological polar surface area (TPSA) is 68.5 Å². The molecule has 0 unspecified atom stereocenters. The minimum atomic E-state index is -0.894. The number of hydrogen-bond donors (Lipinski definition) is 1. The van der Waals surface area contributed by atoms with Crippen LogP contribution in [0.3, 0.4) is 0 Å². The van der Waals surface area contributed by atoms with Gasteiger partial charge in [0.25, 0.3) is 5.91 Å². The molecule has 1 aromatic heterocycles. The molecule has 0 saturated carbocycles. The molecular formula is C23H25NO4. The molecule has 3 aromatic rings. The summed E-state index contributed by atoms with van der Waals surface area (Å²) in [5.74, 6) is -0.824. The van der Waals surface area contributed by atoms with E-state index in [1.54, 1.807) is 13.2 Å². The second-order valence-electron chi connectivity index (χ2n) is 7.31. The van der Waals surface area contributed by atoms with Gasteiger partial charge in [-0.15, -0.1) is 0 Å². The number of rotatable bonds is 5. The van der Waals surface area contributed by atoms with Gasteiger partial charge in [-0.3, -0.25) is 9.59 Å². The number of benzene rings is 2. The van der Waals surface area contributed by atoms with E-state index >= 15 is 0 Å². The Kier molecular flexibility index (Phi) is 5.54. The van der Waals surface area contributed by atoms with Crippen LogP contribution in [0.2, 0.25) is 0 Å². The highest BCUT2D eigenvalue weighted by Gasteiger charge is 2.20. The van der Waals surface area contributed by atoms with Crippen molar-refractivity contribution < 1.29 is 18.7 Å². The number of furan rings is 1. The van der Waals surface area contributed by atoms with Gasteiger partial charge in [0.2, 0.25) is 0 Å². The van der Waals surface area contributed by atoms with Gasteiger partial charge in [-0.05, 0) is 75.1 Å². The van der Waals surface area contributed by atoms with E-state index in [1.165, 1.54) is 0 Å². The van der Waals surface area contributed by atoms with Crippen molar-refractivity contribution in [1.82, 2.24) is 0 Å². The summed E-state index contributed by atoms with van der Waals surface area (Å²) in [5, 5.41) is 3.72. The van der Waals surface area contributed by atoms with Crippen LogP contribution in [0.1, 0.15) is 34.7 Å². The third-order valence-electron chi connectivity index (χ3n) is 4.93. The number of esters is 1. The molecule has 0 spiro atoms. The number of amides is 1. The standard InChI is InChI=1S/C23H25NO4/c1-13-6-7-14(2)20(8-13)24-23(26)17(5)28-22(25)11-18-12-27-21-10-16(4)15(3)9-19(18)21/h6-10,12,17H,11H2,1-5H3,(H,24,26)/t17-/m1/s1. The Morgan fingerprint density at radius 3 is 2.50 bits per heavy atom. The van der Waals surface area contributed by atoms with Crippen molar-refractivity contribution in [3.05, 3.63) is 64.4 Å². The second-order valence-corrected chi connectivity index (χ2v) is 7.31. The minimum Gasteiger partial charge on any atom is -0.464 e. The lowest BCUT2D eigenvalue weighted by atomic mass is 10.0. The van der Waals surface area contributed by atoms with Gasteiger partial charge < -0.3 is 14.5 Å². The summed E-state index contributed by atoms with van der Waals surface area (Å²) in [6.45, 7) is 9.47. The van der Waals surface area contributed by atoms with E-state index in [0.717, 1.165) is 44.5 Å². The van der Waals surface area contributed by atoms with Crippen LogP contribution in [0, 0.1) is 27.7 Å². The lowest BCUT2D eigenvalue weighted by molar-refractivity contribution is -0.152. The molecule has 1 heterocycles. The summed E-state index contributed by atoms with van der Waals surface area (Å²) in [6, 6.07) is 9.78. The van der Waals surface area contributed by atoms with Crippen LogP contribution >= 0.6 is 0 Å². The molecule has 0 bridgehead atoms. The van der Waals surface area contributed by atoms with Gasteiger partial charge in [-0.25, -0.2) is 0 Å². The van der Waals surface area contributed by atoms with Gasteiger partial charge in [0.1, 0.15) is 5.58 Å². The average Bonchev–Trinajstić information content (AvgIpc) is 3.00. The minimum absolute atomic E-state index is 0.0522. The number of nitrogens with one attached hydrogen (secondary N) is 1. The molecule has 0 radical (unpaired) electrons. The van der Waals surface area contributed by atoms with Crippen LogP contribution in [0.15, 0.2) is 41.0 Å². The summed E-state index contributed by atoms with van der Waals surface area (Å²) in [5.41, 5.74) is 6.48. The molecule has 1 atom stereocenters. The largest absolute Gasteiger partial charge is 0.464 e. The molecule has 0 aliphatic carbocycles. The summed E-state index contributed by atoms with van der Waals surface area (Å²) in [4.78, 5) is 24.8. The van der Waals surface area contributed by atoms with Crippen molar-refractivity contribution in [2.75, 3.05) is 5.32 Å². The fraction of sp³-hybridized carbons (Fsp3) is 0.304. The zero-order chi connectivity index (χ0) is 20.4. The predicted octanol–water partition coefficient (Wildman–Crippen LogP) is 4.78. The number of carbonyl (C=O) groups excluding carboxylic acids is 2. The zero-order valence-electron chi connectivity index (χ0n) is 16.9. The lowest BCUT2D eigenvalue weighted by Crippen LogP contribution is -2.30. The first-order chi connectivity index (χ1) is 13.2. The SMILES string of the molecule is Cc1ccc(C)c(NC(=O)[C@@H](C)OC(=O)Cc2coc3cc(C)c(C)cc23)c1. The van der Waals surface area contributed by atoms with Crippen LogP contribution in [0.25, 0.3) is 11.0 Å². The molecule has 1 amide bonds. The number of ether oxygens (including phenoxy) is 1. The smallest absolute Gasteiger partial charge is 0.311 e. The molecule has 0 aliphatic heterocycles. The molecule has 2 aromatic carbocycles. The Morgan fingerprint density at radius 2 is 1.75 bits per heavy atom. The van der Waals surface area contributed by atoms with Gasteiger partial charge in [-0.2, -0.15) is 0 Å². The molecule has 5 nitrogen and oxygen atoms in total. The monoisotopic (exact) mass is 379 g/mol. The van der Waals surface area contributed by atoms with Crippen molar-refractivity contribution in [3.63, 3.8) is 0 Å². The first kappa shape index (κ1) is 19.7. The Bertz CT molecular complexity index is 1050. The molecular weight excluding hydrogens is 354 g/mol. The highest BCUT2D eigenvalue weighted by molar-refractivity contribution is 5.96. The first-order valence-corrected chi connectivity index (χ1v) is 9.29. The van der Waals surface area contributed by atoms with Gasteiger partial charge >= 0.3 is 5.97 Å². The quantitative estimate of drug-likeness (QED) is 0.648. The number of hydrogen-bond acceptors (Lipinski definition) is 4. The number of fused-ring (bicyclic) bond motifs is 1. The Hall–Kier alpha value is -3.08. The third kappa shape index (κ3) is 4.25.